The Kier molecular flexibility index (Phi) is 7.55. The fraction of sp³-hybridized carbons (Fsp3) is 0.727. The molecule has 5 nitrogen and oxygen atoms in total. The summed E-state index contributed by atoms with van der Waals surface area (Å²) in [6.07, 6.45) is 2.97. The number of aryl methyl sites for hydroxylation is 1. The normalized spacial score (nSPS) is 20.3. The van der Waals surface area contributed by atoms with Crippen LogP contribution in [0.2, 0.25) is 0 Å². The maximum absolute atomic E-state index is 10.7. The summed E-state index contributed by atoms with van der Waals surface area (Å²) in [6, 6.07) is 5.84. The molecule has 0 amide bonds. The van der Waals surface area contributed by atoms with Gasteiger partial charge in [0.2, 0.25) is 0 Å². The quantitative estimate of drug-likeness (QED) is 0.662. The second-order valence-electron chi connectivity index (χ2n) is 8.85. The van der Waals surface area contributed by atoms with Crippen LogP contribution in [0, 0.1) is 6.92 Å². The van der Waals surface area contributed by atoms with Crippen molar-refractivity contribution < 1.29 is 19.3 Å². The third-order valence-corrected chi connectivity index (χ3v) is 5.51. The van der Waals surface area contributed by atoms with Gasteiger partial charge in [-0.1, -0.05) is 6.07 Å². The van der Waals surface area contributed by atoms with E-state index in [1.807, 2.05) is 25.1 Å². The van der Waals surface area contributed by atoms with Crippen molar-refractivity contribution in [1.29, 1.82) is 0 Å². The first kappa shape index (κ1) is 22.0. The number of rotatable bonds is 9. The predicted molar refractivity (Wildman–Crippen MR) is 109 cm³/mol. The third kappa shape index (κ3) is 6.09. The average Bonchev–Trinajstić information content (AvgIpc) is 2.57. The summed E-state index contributed by atoms with van der Waals surface area (Å²) in [7, 11) is 1.65. The SMILES string of the molecule is COCCOc1cc(C)ccc1OCC(O)CN1C(C)(C)CCCC1(C)C. The molecular weight excluding hydrogens is 342 g/mol. The molecule has 0 saturated carbocycles. The standard InChI is InChI=1S/C22H37NO4/c1-17-8-9-19(20(14-17)26-13-12-25-6)27-16-18(24)15-23-21(2,3)10-7-11-22(23,4)5/h8-9,14,18,24H,7,10-13,15-16H2,1-6H3. The minimum absolute atomic E-state index is 0.0843. The molecule has 1 N–H and O–H groups in total. The molecule has 154 valence electrons. The van der Waals surface area contributed by atoms with Crippen molar-refractivity contribution >= 4 is 0 Å². The van der Waals surface area contributed by atoms with Crippen molar-refractivity contribution in [3.8, 4) is 11.5 Å². The average molecular weight is 380 g/mol. The van der Waals surface area contributed by atoms with Crippen molar-refractivity contribution in [3.63, 3.8) is 0 Å². The van der Waals surface area contributed by atoms with E-state index in [-0.39, 0.29) is 17.7 Å². The van der Waals surface area contributed by atoms with Crippen LogP contribution in [0.25, 0.3) is 0 Å². The van der Waals surface area contributed by atoms with Gasteiger partial charge in [-0.25, -0.2) is 0 Å². The van der Waals surface area contributed by atoms with E-state index in [4.69, 9.17) is 14.2 Å². The Morgan fingerprint density at radius 2 is 1.70 bits per heavy atom. The smallest absolute Gasteiger partial charge is 0.161 e. The van der Waals surface area contributed by atoms with Crippen LogP contribution in [-0.2, 0) is 4.74 Å². The molecule has 1 heterocycles. The Hall–Kier alpha value is -1.30. The van der Waals surface area contributed by atoms with Crippen molar-refractivity contribution in [2.75, 3.05) is 33.5 Å². The van der Waals surface area contributed by atoms with E-state index in [0.29, 0.717) is 31.3 Å². The lowest BCUT2D eigenvalue weighted by Gasteiger charge is -2.53. The van der Waals surface area contributed by atoms with Crippen molar-refractivity contribution in [3.05, 3.63) is 23.8 Å². The van der Waals surface area contributed by atoms with Crippen molar-refractivity contribution in [2.24, 2.45) is 0 Å². The number of piperidine rings is 1. The molecule has 1 saturated heterocycles. The van der Waals surface area contributed by atoms with Crippen LogP contribution in [0.15, 0.2) is 18.2 Å². The molecule has 0 aromatic heterocycles. The van der Waals surface area contributed by atoms with Crippen molar-refractivity contribution in [2.45, 2.75) is 71.1 Å². The van der Waals surface area contributed by atoms with Gasteiger partial charge in [0.05, 0.1) is 6.61 Å². The molecule has 0 bridgehead atoms. The van der Waals surface area contributed by atoms with Crippen LogP contribution in [0.1, 0.15) is 52.5 Å². The fourth-order valence-corrected chi connectivity index (χ4v) is 4.07. The number of nitrogens with zero attached hydrogens (tertiary/aromatic N) is 1. The lowest BCUT2D eigenvalue weighted by Crippen LogP contribution is -2.60. The maximum Gasteiger partial charge on any atom is 0.161 e. The highest BCUT2D eigenvalue weighted by Crippen LogP contribution is 2.38. The first-order valence-corrected chi connectivity index (χ1v) is 9.97. The zero-order valence-corrected chi connectivity index (χ0v) is 17.9. The van der Waals surface area contributed by atoms with Gasteiger partial charge in [0.1, 0.15) is 19.3 Å². The van der Waals surface area contributed by atoms with Gasteiger partial charge in [-0.3, -0.25) is 4.90 Å². The van der Waals surface area contributed by atoms with E-state index in [1.165, 1.54) is 6.42 Å². The second-order valence-corrected chi connectivity index (χ2v) is 8.85. The number of benzene rings is 1. The van der Waals surface area contributed by atoms with Gasteiger partial charge in [0.15, 0.2) is 11.5 Å². The number of hydrogen-bond donors (Lipinski definition) is 1. The fourth-order valence-electron chi connectivity index (χ4n) is 4.07. The van der Waals surface area contributed by atoms with Crippen LogP contribution in [0.4, 0.5) is 0 Å². The van der Waals surface area contributed by atoms with Crippen LogP contribution in [0.5, 0.6) is 11.5 Å². The maximum atomic E-state index is 10.7. The minimum atomic E-state index is -0.560. The molecule has 2 rings (SSSR count). The predicted octanol–water partition coefficient (Wildman–Crippen LogP) is 3.80. The number of likely N-dealkylation sites (tertiary alicyclic amines) is 1. The van der Waals surface area contributed by atoms with Gasteiger partial charge in [-0.15, -0.1) is 0 Å². The first-order chi connectivity index (χ1) is 12.7. The molecule has 0 spiro atoms. The van der Waals surface area contributed by atoms with Gasteiger partial charge in [0.25, 0.3) is 0 Å². The molecule has 5 heteroatoms. The number of aliphatic hydroxyl groups excluding tert-OH is 1. The van der Waals surface area contributed by atoms with Gasteiger partial charge in [-0.05, 0) is 71.6 Å². The summed E-state index contributed by atoms with van der Waals surface area (Å²) < 4.78 is 16.7. The number of β-amino-alcohol motifs (C(OH)–C–C–N with tert-alkyl or cyclic N) is 1. The second kappa shape index (κ2) is 9.26. The van der Waals surface area contributed by atoms with Gasteiger partial charge < -0.3 is 19.3 Å². The van der Waals surface area contributed by atoms with Crippen LogP contribution >= 0.6 is 0 Å². The molecule has 1 aliphatic rings. The summed E-state index contributed by atoms with van der Waals surface area (Å²) in [4.78, 5) is 2.43. The Balaban J connectivity index is 1.97. The zero-order chi connectivity index (χ0) is 20.1. The number of methoxy groups -OCH3 is 1. The largest absolute Gasteiger partial charge is 0.487 e. The first-order valence-electron chi connectivity index (χ1n) is 9.97. The van der Waals surface area contributed by atoms with Gasteiger partial charge in [-0.2, -0.15) is 0 Å². The Morgan fingerprint density at radius 1 is 1.04 bits per heavy atom. The van der Waals surface area contributed by atoms with E-state index < -0.39 is 6.10 Å². The summed E-state index contributed by atoms with van der Waals surface area (Å²) in [5.74, 6) is 1.35. The lowest BCUT2D eigenvalue weighted by molar-refractivity contribution is -0.0608. The Bertz CT molecular complexity index is 584. The minimum Gasteiger partial charge on any atom is -0.487 e. The number of hydrogen-bond acceptors (Lipinski definition) is 5. The molecule has 27 heavy (non-hydrogen) atoms. The molecule has 1 aromatic rings. The third-order valence-electron chi connectivity index (χ3n) is 5.51. The molecule has 1 atom stereocenters. The van der Waals surface area contributed by atoms with Gasteiger partial charge in [0, 0.05) is 24.7 Å². The summed E-state index contributed by atoms with van der Waals surface area (Å²) in [6.45, 7) is 12.9. The molecule has 0 radical (unpaired) electrons. The monoisotopic (exact) mass is 379 g/mol. The summed E-state index contributed by atoms with van der Waals surface area (Å²) in [5.41, 5.74) is 1.27. The number of aliphatic hydroxyl groups is 1. The Labute approximate surface area is 164 Å². The van der Waals surface area contributed by atoms with E-state index in [0.717, 1.165) is 18.4 Å². The van der Waals surface area contributed by atoms with E-state index in [2.05, 4.69) is 32.6 Å². The highest BCUT2D eigenvalue weighted by molar-refractivity contribution is 5.42. The zero-order valence-electron chi connectivity index (χ0n) is 17.9. The Morgan fingerprint density at radius 3 is 2.33 bits per heavy atom. The van der Waals surface area contributed by atoms with E-state index >= 15 is 0 Å². The molecule has 1 unspecified atom stereocenters. The van der Waals surface area contributed by atoms with Crippen molar-refractivity contribution in [1.82, 2.24) is 4.90 Å². The van der Waals surface area contributed by atoms with Crippen LogP contribution in [-0.4, -0.2) is 60.7 Å². The van der Waals surface area contributed by atoms with Crippen LogP contribution < -0.4 is 9.47 Å². The highest BCUT2D eigenvalue weighted by Gasteiger charge is 2.41. The number of ether oxygens (including phenoxy) is 3. The molecule has 1 fully saturated rings. The van der Waals surface area contributed by atoms with E-state index in [1.54, 1.807) is 7.11 Å². The van der Waals surface area contributed by atoms with E-state index in [9.17, 15) is 5.11 Å². The molecule has 0 aliphatic carbocycles. The molecule has 1 aliphatic heterocycles. The topological polar surface area (TPSA) is 51.2 Å². The molecular formula is C22H37NO4. The van der Waals surface area contributed by atoms with Gasteiger partial charge >= 0.3 is 0 Å². The molecule has 1 aromatic carbocycles. The van der Waals surface area contributed by atoms with Crippen LogP contribution in [0.3, 0.4) is 0 Å². The summed E-state index contributed by atoms with van der Waals surface area (Å²) in [5, 5.41) is 10.7. The summed E-state index contributed by atoms with van der Waals surface area (Å²) >= 11 is 0. The highest BCUT2D eigenvalue weighted by atomic mass is 16.5. The lowest BCUT2D eigenvalue weighted by atomic mass is 9.79.